The summed E-state index contributed by atoms with van der Waals surface area (Å²) >= 11 is 0. The normalized spacial score (nSPS) is 16.0. The molecule has 0 bridgehead atoms. The highest BCUT2D eigenvalue weighted by Gasteiger charge is 2.26. The number of carbonyl (C=O) groups is 1. The molecule has 3 aromatic rings. The van der Waals surface area contributed by atoms with E-state index in [1.165, 1.54) is 0 Å². The number of hydrogen-bond donors (Lipinski definition) is 4. The maximum Gasteiger partial charge on any atom is 0.253 e. The van der Waals surface area contributed by atoms with Crippen molar-refractivity contribution in [3.05, 3.63) is 47.5 Å². The number of ether oxygens (including phenoxy) is 3. The van der Waals surface area contributed by atoms with E-state index in [4.69, 9.17) is 24.2 Å². The zero-order chi connectivity index (χ0) is 25.2. The minimum absolute atomic E-state index is 0.172. The van der Waals surface area contributed by atoms with E-state index in [-0.39, 0.29) is 5.91 Å². The Morgan fingerprint density at radius 2 is 1.76 bits per heavy atom. The molecule has 0 radical (unpaired) electrons. The van der Waals surface area contributed by atoms with E-state index in [1.807, 2.05) is 30.3 Å². The van der Waals surface area contributed by atoms with Crippen LogP contribution in [0.1, 0.15) is 15.9 Å². The SMILES string of the molecule is CNC(=O)c1ccccc1Nc1nc(Nc2ccc(N3CCOCC3)c3c2OCCO3)nc2c1CCN2. The standard InChI is InChI=1S/C26H29N7O4/c1-27-25(34)16-4-2-3-5-18(16)29-24-17-8-9-28-23(17)31-26(32-24)30-19-6-7-20(33-10-12-35-13-11-33)22-21(19)36-14-15-37-22/h2-7H,8-15H2,1H3,(H,27,34)(H3,28,29,30,31,32). The zero-order valence-electron chi connectivity index (χ0n) is 20.6. The first-order valence-corrected chi connectivity index (χ1v) is 12.5. The number of nitrogens with zero attached hydrogens (tertiary/aromatic N) is 3. The number of carbonyl (C=O) groups excluding carboxylic acids is 1. The van der Waals surface area contributed by atoms with Crippen LogP contribution < -0.4 is 35.6 Å². The number of amides is 1. The summed E-state index contributed by atoms with van der Waals surface area (Å²) in [7, 11) is 1.62. The molecule has 4 N–H and O–H groups in total. The van der Waals surface area contributed by atoms with Gasteiger partial charge in [-0.15, -0.1) is 0 Å². The van der Waals surface area contributed by atoms with Crippen molar-refractivity contribution < 1.29 is 19.0 Å². The molecule has 1 saturated heterocycles. The van der Waals surface area contributed by atoms with Gasteiger partial charge in [0.1, 0.15) is 24.8 Å². The van der Waals surface area contributed by atoms with Gasteiger partial charge in [-0.3, -0.25) is 4.79 Å². The van der Waals surface area contributed by atoms with Gasteiger partial charge in [0.05, 0.1) is 35.8 Å². The lowest BCUT2D eigenvalue weighted by Gasteiger charge is -2.32. The van der Waals surface area contributed by atoms with Crippen LogP contribution in [0.25, 0.3) is 0 Å². The molecule has 6 rings (SSSR count). The molecule has 11 nitrogen and oxygen atoms in total. The zero-order valence-corrected chi connectivity index (χ0v) is 20.6. The van der Waals surface area contributed by atoms with Gasteiger partial charge in [0.15, 0.2) is 11.5 Å². The molecule has 3 aliphatic heterocycles. The second-order valence-corrected chi connectivity index (χ2v) is 8.86. The summed E-state index contributed by atoms with van der Waals surface area (Å²) < 4.78 is 17.6. The molecule has 0 unspecified atom stereocenters. The van der Waals surface area contributed by atoms with Crippen molar-refractivity contribution in [1.29, 1.82) is 0 Å². The van der Waals surface area contributed by atoms with Crippen LogP contribution in [-0.4, -0.2) is 69.0 Å². The van der Waals surface area contributed by atoms with Gasteiger partial charge in [-0.1, -0.05) is 12.1 Å². The molecule has 0 spiro atoms. The number of para-hydroxylation sites is 1. The van der Waals surface area contributed by atoms with Gasteiger partial charge < -0.3 is 40.4 Å². The summed E-state index contributed by atoms with van der Waals surface area (Å²) in [5.41, 5.74) is 3.90. The van der Waals surface area contributed by atoms with E-state index in [0.29, 0.717) is 55.2 Å². The highest BCUT2D eigenvalue weighted by molar-refractivity contribution is 6.00. The topological polar surface area (TPSA) is 122 Å². The summed E-state index contributed by atoms with van der Waals surface area (Å²) in [6.07, 6.45) is 0.778. The molecule has 3 aliphatic rings. The minimum Gasteiger partial charge on any atom is -0.484 e. The number of fused-ring (bicyclic) bond motifs is 2. The number of anilines is 6. The van der Waals surface area contributed by atoms with Crippen molar-refractivity contribution in [3.63, 3.8) is 0 Å². The maximum atomic E-state index is 12.4. The lowest BCUT2D eigenvalue weighted by atomic mass is 10.1. The first kappa shape index (κ1) is 23.2. The monoisotopic (exact) mass is 503 g/mol. The molecular formula is C26H29N7O4. The molecule has 2 aromatic carbocycles. The maximum absolute atomic E-state index is 12.4. The molecule has 1 aromatic heterocycles. The summed E-state index contributed by atoms with van der Waals surface area (Å²) in [5.74, 6) is 3.00. The molecule has 1 fully saturated rings. The van der Waals surface area contributed by atoms with Crippen molar-refractivity contribution in [2.45, 2.75) is 6.42 Å². The molecule has 1 amide bonds. The van der Waals surface area contributed by atoms with Crippen LogP contribution in [0.2, 0.25) is 0 Å². The van der Waals surface area contributed by atoms with Crippen LogP contribution in [0, 0.1) is 0 Å². The first-order valence-electron chi connectivity index (χ1n) is 12.5. The fourth-order valence-corrected chi connectivity index (χ4v) is 4.78. The lowest BCUT2D eigenvalue weighted by molar-refractivity contribution is 0.0964. The number of morpholine rings is 1. The smallest absolute Gasteiger partial charge is 0.253 e. The Bertz CT molecular complexity index is 1330. The second-order valence-electron chi connectivity index (χ2n) is 8.86. The molecule has 0 aliphatic carbocycles. The molecule has 0 atom stereocenters. The number of hydrogen-bond acceptors (Lipinski definition) is 10. The van der Waals surface area contributed by atoms with Crippen molar-refractivity contribution in [1.82, 2.24) is 15.3 Å². The van der Waals surface area contributed by atoms with Crippen LogP contribution in [0.4, 0.5) is 34.6 Å². The van der Waals surface area contributed by atoms with Crippen molar-refractivity contribution >= 4 is 40.6 Å². The first-order chi connectivity index (χ1) is 18.2. The molecule has 4 heterocycles. The third-order valence-corrected chi connectivity index (χ3v) is 6.59. The number of benzene rings is 2. The van der Waals surface area contributed by atoms with Gasteiger partial charge in [-0.25, -0.2) is 0 Å². The van der Waals surface area contributed by atoms with Crippen molar-refractivity contribution in [2.75, 3.05) is 74.0 Å². The fraction of sp³-hybridized carbons (Fsp3) is 0.346. The van der Waals surface area contributed by atoms with E-state index in [9.17, 15) is 4.79 Å². The Kier molecular flexibility index (Phi) is 6.27. The summed E-state index contributed by atoms with van der Waals surface area (Å²) in [6, 6.07) is 11.4. The predicted molar refractivity (Wildman–Crippen MR) is 141 cm³/mol. The number of aromatic nitrogens is 2. The highest BCUT2D eigenvalue weighted by atomic mass is 16.6. The van der Waals surface area contributed by atoms with E-state index in [1.54, 1.807) is 13.1 Å². The summed E-state index contributed by atoms with van der Waals surface area (Å²) in [4.78, 5) is 24.2. The lowest BCUT2D eigenvalue weighted by Crippen LogP contribution is -2.36. The van der Waals surface area contributed by atoms with Gasteiger partial charge in [-0.05, 0) is 30.7 Å². The van der Waals surface area contributed by atoms with Crippen LogP contribution >= 0.6 is 0 Å². The molecule has 192 valence electrons. The highest BCUT2D eigenvalue weighted by Crippen LogP contribution is 2.46. The molecular weight excluding hydrogens is 474 g/mol. The summed E-state index contributed by atoms with van der Waals surface area (Å²) in [5, 5.41) is 12.7. The van der Waals surface area contributed by atoms with Crippen LogP contribution in [0.5, 0.6) is 11.5 Å². The number of nitrogens with one attached hydrogen (secondary N) is 4. The minimum atomic E-state index is -0.172. The Morgan fingerprint density at radius 3 is 2.59 bits per heavy atom. The third-order valence-electron chi connectivity index (χ3n) is 6.59. The largest absolute Gasteiger partial charge is 0.484 e. The quantitative estimate of drug-likeness (QED) is 0.399. The Labute approximate surface area is 214 Å². The molecule has 37 heavy (non-hydrogen) atoms. The van der Waals surface area contributed by atoms with Crippen LogP contribution in [-0.2, 0) is 11.2 Å². The van der Waals surface area contributed by atoms with Gasteiger partial charge >= 0.3 is 0 Å². The van der Waals surface area contributed by atoms with Crippen molar-refractivity contribution in [2.24, 2.45) is 0 Å². The van der Waals surface area contributed by atoms with Gasteiger partial charge in [-0.2, -0.15) is 9.97 Å². The van der Waals surface area contributed by atoms with Gasteiger partial charge in [0, 0.05) is 32.2 Å². The van der Waals surface area contributed by atoms with E-state index in [0.717, 1.165) is 54.6 Å². The Balaban J connectivity index is 1.34. The number of rotatable bonds is 6. The van der Waals surface area contributed by atoms with Crippen LogP contribution in [0.15, 0.2) is 36.4 Å². The Hall–Kier alpha value is -4.25. The van der Waals surface area contributed by atoms with Gasteiger partial charge in [0.2, 0.25) is 5.95 Å². The van der Waals surface area contributed by atoms with E-state index >= 15 is 0 Å². The fourth-order valence-electron chi connectivity index (χ4n) is 4.78. The van der Waals surface area contributed by atoms with Gasteiger partial charge in [0.25, 0.3) is 5.91 Å². The molecule has 11 heteroatoms. The summed E-state index contributed by atoms with van der Waals surface area (Å²) in [6.45, 7) is 4.69. The average molecular weight is 504 g/mol. The van der Waals surface area contributed by atoms with Crippen molar-refractivity contribution in [3.8, 4) is 11.5 Å². The second kappa shape index (κ2) is 10.0. The van der Waals surface area contributed by atoms with E-state index < -0.39 is 0 Å². The van der Waals surface area contributed by atoms with Crippen LogP contribution in [0.3, 0.4) is 0 Å². The average Bonchev–Trinajstić information content (AvgIpc) is 3.43. The predicted octanol–water partition coefficient (Wildman–Crippen LogP) is 2.90. The molecule has 0 saturated carbocycles. The Morgan fingerprint density at radius 1 is 0.946 bits per heavy atom. The van der Waals surface area contributed by atoms with E-state index in [2.05, 4.69) is 26.2 Å². The third kappa shape index (κ3) is 4.53.